The summed E-state index contributed by atoms with van der Waals surface area (Å²) >= 11 is 5.88. The van der Waals surface area contributed by atoms with Gasteiger partial charge in [0.15, 0.2) is 0 Å². The molecule has 6 nitrogen and oxygen atoms in total. The second-order valence-electron chi connectivity index (χ2n) is 4.72. The molecule has 0 bridgehead atoms. The molecule has 108 valence electrons. The molecule has 7 heteroatoms. The van der Waals surface area contributed by atoms with Crippen molar-refractivity contribution in [1.82, 2.24) is 10.2 Å². The molecule has 1 atom stereocenters. The minimum absolute atomic E-state index is 0.0711. The first kappa shape index (κ1) is 14.6. The molecule has 1 aliphatic heterocycles. The third-order valence-corrected chi connectivity index (χ3v) is 3.50. The van der Waals surface area contributed by atoms with Gasteiger partial charge < -0.3 is 16.4 Å². The van der Waals surface area contributed by atoms with E-state index in [0.29, 0.717) is 29.5 Å². The van der Waals surface area contributed by atoms with E-state index in [9.17, 15) is 9.59 Å². The van der Waals surface area contributed by atoms with Crippen molar-refractivity contribution in [2.45, 2.75) is 13.0 Å². The van der Waals surface area contributed by atoms with E-state index < -0.39 is 6.04 Å². The first-order chi connectivity index (χ1) is 9.47. The molecule has 0 spiro atoms. The molecule has 1 aromatic rings. The summed E-state index contributed by atoms with van der Waals surface area (Å²) in [5.41, 5.74) is 6.72. The Morgan fingerprint density at radius 3 is 3.00 bits per heavy atom. The zero-order valence-corrected chi connectivity index (χ0v) is 11.9. The maximum absolute atomic E-state index is 12.2. The van der Waals surface area contributed by atoms with Crippen molar-refractivity contribution >= 4 is 34.8 Å². The molecule has 1 fully saturated rings. The Balaban J connectivity index is 2.03. The van der Waals surface area contributed by atoms with E-state index in [1.807, 2.05) is 4.90 Å². The van der Waals surface area contributed by atoms with E-state index in [1.165, 1.54) is 0 Å². The number of nitrogens with zero attached hydrogens (tertiary/aromatic N) is 1. The maximum atomic E-state index is 12.2. The van der Waals surface area contributed by atoms with Crippen LogP contribution in [0.1, 0.15) is 6.92 Å². The molecule has 0 radical (unpaired) electrons. The number of amides is 2. The molecule has 4 N–H and O–H groups in total. The lowest BCUT2D eigenvalue weighted by atomic mass is 10.2. The van der Waals surface area contributed by atoms with Crippen LogP contribution < -0.4 is 16.4 Å². The Hall–Kier alpha value is -1.79. The number of piperazine rings is 1. The van der Waals surface area contributed by atoms with Crippen LogP contribution in [0.2, 0.25) is 5.02 Å². The predicted molar refractivity (Wildman–Crippen MR) is 78.5 cm³/mol. The van der Waals surface area contributed by atoms with E-state index in [4.69, 9.17) is 17.3 Å². The number of anilines is 2. The Kier molecular flexibility index (Phi) is 4.46. The molecular weight excluding hydrogens is 280 g/mol. The smallest absolute Gasteiger partial charge is 0.241 e. The van der Waals surface area contributed by atoms with Crippen molar-refractivity contribution in [3.8, 4) is 0 Å². The summed E-state index contributed by atoms with van der Waals surface area (Å²) in [5.74, 6) is -0.285. The van der Waals surface area contributed by atoms with Gasteiger partial charge in [-0.05, 0) is 25.1 Å². The summed E-state index contributed by atoms with van der Waals surface area (Å²) in [4.78, 5) is 25.3. The van der Waals surface area contributed by atoms with Crippen molar-refractivity contribution in [3.63, 3.8) is 0 Å². The monoisotopic (exact) mass is 296 g/mol. The minimum Gasteiger partial charge on any atom is -0.397 e. The molecule has 0 aromatic heterocycles. The molecule has 1 aromatic carbocycles. The lowest BCUT2D eigenvalue weighted by Gasteiger charge is -2.31. The molecule has 0 saturated carbocycles. The first-order valence-corrected chi connectivity index (χ1v) is 6.72. The van der Waals surface area contributed by atoms with Gasteiger partial charge in [-0.3, -0.25) is 14.5 Å². The third-order valence-electron chi connectivity index (χ3n) is 3.27. The fourth-order valence-corrected chi connectivity index (χ4v) is 2.20. The highest BCUT2D eigenvalue weighted by atomic mass is 35.5. The number of carbonyl (C=O) groups excluding carboxylic acids is 2. The highest BCUT2D eigenvalue weighted by Crippen LogP contribution is 2.23. The topological polar surface area (TPSA) is 87.5 Å². The second kappa shape index (κ2) is 6.11. The third kappa shape index (κ3) is 3.40. The molecule has 1 saturated heterocycles. The molecule has 2 rings (SSSR count). The van der Waals surface area contributed by atoms with Gasteiger partial charge >= 0.3 is 0 Å². The van der Waals surface area contributed by atoms with Crippen LogP contribution in [0.3, 0.4) is 0 Å². The van der Waals surface area contributed by atoms with Gasteiger partial charge in [0.1, 0.15) is 0 Å². The van der Waals surface area contributed by atoms with E-state index in [-0.39, 0.29) is 18.4 Å². The standard InChI is InChI=1S/C13H17ClN4O2/c1-8(18-5-4-16-12(19)7-18)13(20)17-11-6-9(14)2-3-10(11)15/h2-3,6,8H,4-5,7,15H2,1H3,(H,16,19)(H,17,20). The minimum atomic E-state index is -0.417. The van der Waals surface area contributed by atoms with Crippen LogP contribution in [-0.2, 0) is 9.59 Å². The summed E-state index contributed by atoms with van der Waals surface area (Å²) in [7, 11) is 0. The number of halogens is 1. The van der Waals surface area contributed by atoms with Gasteiger partial charge in [0, 0.05) is 18.1 Å². The molecule has 1 unspecified atom stereocenters. The number of nitrogen functional groups attached to an aromatic ring is 1. The number of benzene rings is 1. The highest BCUT2D eigenvalue weighted by molar-refractivity contribution is 6.31. The van der Waals surface area contributed by atoms with Crippen LogP contribution in [0.5, 0.6) is 0 Å². The number of rotatable bonds is 3. The van der Waals surface area contributed by atoms with Gasteiger partial charge in [-0.25, -0.2) is 0 Å². The second-order valence-corrected chi connectivity index (χ2v) is 5.15. The normalized spacial score (nSPS) is 17.4. The number of hydrogen-bond acceptors (Lipinski definition) is 4. The van der Waals surface area contributed by atoms with Gasteiger partial charge in [-0.15, -0.1) is 0 Å². The Morgan fingerprint density at radius 2 is 2.30 bits per heavy atom. The molecule has 0 aliphatic carbocycles. The van der Waals surface area contributed by atoms with Crippen LogP contribution in [0, 0.1) is 0 Å². The Morgan fingerprint density at radius 1 is 1.55 bits per heavy atom. The number of nitrogens with two attached hydrogens (primary N) is 1. The predicted octanol–water partition coefficient (Wildman–Crippen LogP) is 0.681. The lowest BCUT2D eigenvalue weighted by Crippen LogP contribution is -2.53. The summed E-state index contributed by atoms with van der Waals surface area (Å²) in [6, 6.07) is 4.48. The molecule has 20 heavy (non-hydrogen) atoms. The number of carbonyl (C=O) groups is 2. The summed E-state index contributed by atoms with van der Waals surface area (Å²) in [6.07, 6.45) is 0. The Labute approximate surface area is 122 Å². The van der Waals surface area contributed by atoms with Crippen molar-refractivity contribution in [2.75, 3.05) is 30.7 Å². The van der Waals surface area contributed by atoms with Gasteiger partial charge in [0.25, 0.3) is 0 Å². The van der Waals surface area contributed by atoms with Crippen molar-refractivity contribution in [1.29, 1.82) is 0 Å². The quantitative estimate of drug-likeness (QED) is 0.716. The van der Waals surface area contributed by atoms with Gasteiger partial charge in [-0.2, -0.15) is 0 Å². The summed E-state index contributed by atoms with van der Waals surface area (Å²) in [5, 5.41) is 5.96. The van der Waals surface area contributed by atoms with Gasteiger partial charge in [0.2, 0.25) is 11.8 Å². The largest absolute Gasteiger partial charge is 0.397 e. The van der Waals surface area contributed by atoms with Crippen molar-refractivity contribution in [2.24, 2.45) is 0 Å². The van der Waals surface area contributed by atoms with Crippen molar-refractivity contribution < 1.29 is 9.59 Å². The SMILES string of the molecule is CC(C(=O)Nc1cc(Cl)ccc1N)N1CCNC(=O)C1. The Bertz CT molecular complexity index is 535. The highest BCUT2D eigenvalue weighted by Gasteiger charge is 2.26. The van der Waals surface area contributed by atoms with Crippen LogP contribution in [-0.4, -0.2) is 42.4 Å². The summed E-state index contributed by atoms with van der Waals surface area (Å²) in [6.45, 7) is 3.18. The molecule has 2 amide bonds. The van der Waals surface area contributed by atoms with E-state index in [2.05, 4.69) is 10.6 Å². The van der Waals surface area contributed by atoms with Crippen LogP contribution in [0.4, 0.5) is 11.4 Å². The van der Waals surface area contributed by atoms with Crippen molar-refractivity contribution in [3.05, 3.63) is 23.2 Å². The number of hydrogen-bond donors (Lipinski definition) is 3. The summed E-state index contributed by atoms with van der Waals surface area (Å²) < 4.78 is 0. The van der Waals surface area contributed by atoms with E-state index >= 15 is 0 Å². The maximum Gasteiger partial charge on any atom is 0.241 e. The lowest BCUT2D eigenvalue weighted by molar-refractivity contribution is -0.127. The first-order valence-electron chi connectivity index (χ1n) is 6.34. The average molecular weight is 297 g/mol. The zero-order chi connectivity index (χ0) is 14.7. The zero-order valence-electron chi connectivity index (χ0n) is 11.1. The van der Waals surface area contributed by atoms with Crippen LogP contribution in [0.25, 0.3) is 0 Å². The van der Waals surface area contributed by atoms with Gasteiger partial charge in [-0.1, -0.05) is 11.6 Å². The number of nitrogens with one attached hydrogen (secondary N) is 2. The van der Waals surface area contributed by atoms with E-state index in [1.54, 1.807) is 25.1 Å². The average Bonchev–Trinajstić information content (AvgIpc) is 2.42. The van der Waals surface area contributed by atoms with Crippen LogP contribution >= 0.6 is 11.6 Å². The fraction of sp³-hybridized carbons (Fsp3) is 0.385. The molecule has 1 heterocycles. The molecule has 1 aliphatic rings. The fourth-order valence-electron chi connectivity index (χ4n) is 2.03. The molecular formula is C13H17ClN4O2. The van der Waals surface area contributed by atoms with Crippen LogP contribution in [0.15, 0.2) is 18.2 Å². The van der Waals surface area contributed by atoms with Gasteiger partial charge in [0.05, 0.1) is 24.0 Å². The van der Waals surface area contributed by atoms with E-state index in [0.717, 1.165) is 0 Å².